The van der Waals surface area contributed by atoms with Gasteiger partial charge in [-0.2, -0.15) is 0 Å². The number of fused-ring (bicyclic) bond motifs is 1. The number of nitrogens with one attached hydrogen (secondary N) is 2. The van der Waals surface area contributed by atoms with Gasteiger partial charge in [0.15, 0.2) is 11.4 Å². The van der Waals surface area contributed by atoms with Gasteiger partial charge in [0.25, 0.3) is 10.0 Å². The quantitative estimate of drug-likeness (QED) is 0.392. The molecule has 10 nitrogen and oxygen atoms in total. The molecule has 0 unspecified atom stereocenters. The molecule has 1 aliphatic heterocycles. The molecule has 0 bridgehead atoms. The molecule has 3 heterocycles. The van der Waals surface area contributed by atoms with Gasteiger partial charge in [-0.3, -0.25) is 9.59 Å². The van der Waals surface area contributed by atoms with Crippen LogP contribution in [-0.2, 0) is 19.6 Å². The van der Waals surface area contributed by atoms with Gasteiger partial charge in [0, 0.05) is 35.4 Å². The number of ketones is 1. The number of nitrogens with zero attached hydrogens (tertiary/aromatic N) is 3. The molecule has 0 fully saturated rings. The molecule has 1 amide bonds. The lowest BCUT2D eigenvalue weighted by Crippen LogP contribution is -2.24. The molecule has 40 heavy (non-hydrogen) atoms. The van der Waals surface area contributed by atoms with E-state index < -0.39 is 15.4 Å². The van der Waals surface area contributed by atoms with E-state index in [1.165, 1.54) is 49.9 Å². The van der Waals surface area contributed by atoms with Crippen LogP contribution < -0.4 is 5.32 Å². The molecule has 0 saturated carbocycles. The first-order valence-electron chi connectivity index (χ1n) is 12.7. The molecule has 0 saturated heterocycles. The highest BCUT2D eigenvalue weighted by Crippen LogP contribution is 2.35. The van der Waals surface area contributed by atoms with E-state index in [0.717, 1.165) is 21.9 Å². The highest BCUT2D eigenvalue weighted by molar-refractivity contribution is 7.89. The molecule has 2 aliphatic rings. The second-order valence-corrected chi connectivity index (χ2v) is 12.3. The third kappa shape index (κ3) is 5.20. The summed E-state index contributed by atoms with van der Waals surface area (Å²) in [4.78, 5) is 36.7. The van der Waals surface area contributed by atoms with Crippen molar-refractivity contribution >= 4 is 44.1 Å². The van der Waals surface area contributed by atoms with E-state index in [1.54, 1.807) is 12.4 Å². The molecule has 0 spiro atoms. The molecule has 3 aromatic rings. The number of ether oxygens (including phenoxy) is 1. The van der Waals surface area contributed by atoms with Crippen LogP contribution in [0.1, 0.15) is 56.6 Å². The summed E-state index contributed by atoms with van der Waals surface area (Å²) < 4.78 is 33.7. The number of hydrogen-bond donors (Lipinski definition) is 2. The van der Waals surface area contributed by atoms with Crippen molar-refractivity contribution in [1.82, 2.24) is 19.3 Å². The van der Waals surface area contributed by atoms with E-state index in [0.29, 0.717) is 40.3 Å². The summed E-state index contributed by atoms with van der Waals surface area (Å²) in [6.07, 6.45) is 12.6. The SMILES string of the molecule is CC(=O)Nc1ccc(S(=O)(=O)N2C=COC(C3=C(c4cnc5[nH]cc(C(=O)C(C)(C)C)c5n4)C=CCC3)=C2)cc1. The Labute approximate surface area is 232 Å². The zero-order chi connectivity index (χ0) is 28.7. The third-order valence-corrected chi connectivity index (χ3v) is 8.10. The number of H-pyrrole nitrogens is 1. The number of sulfonamides is 1. The Morgan fingerprint density at radius 1 is 1.15 bits per heavy atom. The first-order valence-corrected chi connectivity index (χ1v) is 14.1. The lowest BCUT2D eigenvalue weighted by Gasteiger charge is -2.24. The Kier molecular flexibility index (Phi) is 6.92. The minimum atomic E-state index is -3.94. The average molecular weight is 560 g/mol. The standard InChI is InChI=1S/C29H29N5O5S/c1-18(35)32-19-9-11-20(12-10-19)40(37,38)34-13-14-39-25(17-34)22-8-6-5-7-21(22)24-16-31-28-26(33-24)23(15-30-28)27(36)29(2,3)4/h5,7,9-17H,6,8H2,1-4H3,(H,30,31)(H,32,35). The summed E-state index contributed by atoms with van der Waals surface area (Å²) in [5.74, 6) is 0.0672. The Bertz CT molecular complexity index is 1740. The maximum atomic E-state index is 13.4. The predicted octanol–water partition coefficient (Wildman–Crippen LogP) is 5.28. The van der Waals surface area contributed by atoms with E-state index in [2.05, 4.69) is 15.3 Å². The zero-order valence-corrected chi connectivity index (χ0v) is 23.4. The van der Waals surface area contributed by atoms with E-state index in [4.69, 9.17) is 9.72 Å². The van der Waals surface area contributed by atoms with Crippen LogP contribution in [-0.4, -0.2) is 39.4 Å². The number of aromatic nitrogens is 3. The maximum absolute atomic E-state index is 13.4. The average Bonchev–Trinajstić information content (AvgIpc) is 3.35. The smallest absolute Gasteiger partial charge is 0.267 e. The van der Waals surface area contributed by atoms with Crippen molar-refractivity contribution in [2.24, 2.45) is 5.41 Å². The van der Waals surface area contributed by atoms with E-state index >= 15 is 0 Å². The Morgan fingerprint density at radius 2 is 1.90 bits per heavy atom. The second-order valence-electron chi connectivity index (χ2n) is 10.5. The van der Waals surface area contributed by atoms with Crippen LogP contribution in [0.5, 0.6) is 0 Å². The second kappa shape index (κ2) is 10.2. The highest BCUT2D eigenvalue weighted by Gasteiger charge is 2.28. The normalized spacial score (nSPS) is 15.7. The van der Waals surface area contributed by atoms with E-state index in [1.807, 2.05) is 32.9 Å². The molecule has 1 aliphatic carbocycles. The van der Waals surface area contributed by atoms with Crippen LogP contribution in [0, 0.1) is 5.41 Å². The van der Waals surface area contributed by atoms with Gasteiger partial charge in [-0.25, -0.2) is 22.7 Å². The van der Waals surface area contributed by atoms with Gasteiger partial charge in [0.1, 0.15) is 17.5 Å². The number of amides is 1. The van der Waals surface area contributed by atoms with Gasteiger partial charge in [-0.15, -0.1) is 0 Å². The summed E-state index contributed by atoms with van der Waals surface area (Å²) in [6.45, 7) is 6.94. The number of allylic oxidation sites excluding steroid dienone is 4. The highest BCUT2D eigenvalue weighted by atomic mass is 32.2. The van der Waals surface area contributed by atoms with Gasteiger partial charge in [0.2, 0.25) is 5.91 Å². The fraction of sp³-hybridized carbons (Fsp3) is 0.241. The minimum Gasteiger partial charge on any atom is -0.462 e. The van der Waals surface area contributed by atoms with Crippen LogP contribution in [0.4, 0.5) is 5.69 Å². The summed E-state index contributed by atoms with van der Waals surface area (Å²) in [5, 5.41) is 2.62. The number of carbonyl (C=O) groups is 2. The number of aromatic amines is 1. The molecule has 2 aromatic heterocycles. The Balaban J connectivity index is 1.52. The lowest BCUT2D eigenvalue weighted by atomic mass is 9.87. The van der Waals surface area contributed by atoms with Crippen molar-refractivity contribution in [3.63, 3.8) is 0 Å². The first kappa shape index (κ1) is 27.1. The van der Waals surface area contributed by atoms with Crippen LogP contribution in [0.15, 0.2) is 83.7 Å². The third-order valence-electron chi connectivity index (χ3n) is 6.45. The molecule has 0 atom stereocenters. The molecule has 11 heteroatoms. The molecule has 2 N–H and O–H groups in total. The van der Waals surface area contributed by atoms with Crippen LogP contribution in [0.25, 0.3) is 16.7 Å². The van der Waals surface area contributed by atoms with E-state index in [-0.39, 0.29) is 16.6 Å². The molecular weight excluding hydrogens is 530 g/mol. The molecule has 1 aromatic carbocycles. The number of hydrogen-bond acceptors (Lipinski definition) is 7. The van der Waals surface area contributed by atoms with Gasteiger partial charge >= 0.3 is 0 Å². The van der Waals surface area contributed by atoms with Gasteiger partial charge in [-0.05, 0) is 37.1 Å². The fourth-order valence-electron chi connectivity index (χ4n) is 4.44. The Morgan fingerprint density at radius 3 is 2.60 bits per heavy atom. The van der Waals surface area contributed by atoms with Crippen LogP contribution in [0.2, 0.25) is 0 Å². The van der Waals surface area contributed by atoms with E-state index in [9.17, 15) is 18.0 Å². The van der Waals surface area contributed by atoms with Crippen LogP contribution >= 0.6 is 0 Å². The number of Topliss-reactive ketones (excluding diaryl/α,β-unsaturated/α-hetero) is 1. The van der Waals surface area contributed by atoms with Crippen molar-refractivity contribution in [2.75, 3.05) is 5.32 Å². The molecule has 206 valence electrons. The van der Waals surface area contributed by atoms with Crippen molar-refractivity contribution in [1.29, 1.82) is 0 Å². The largest absolute Gasteiger partial charge is 0.462 e. The topological polar surface area (TPSA) is 134 Å². The summed E-state index contributed by atoms with van der Waals surface area (Å²) in [5.41, 5.74) is 3.41. The van der Waals surface area contributed by atoms with Crippen molar-refractivity contribution in [3.05, 3.63) is 90.1 Å². The molecule has 5 rings (SSSR count). The molecule has 0 radical (unpaired) electrons. The lowest BCUT2D eigenvalue weighted by molar-refractivity contribution is -0.114. The van der Waals surface area contributed by atoms with Gasteiger partial charge < -0.3 is 15.0 Å². The summed E-state index contributed by atoms with van der Waals surface area (Å²) in [7, 11) is -3.94. The monoisotopic (exact) mass is 559 g/mol. The number of anilines is 1. The molecular formula is C29H29N5O5S. The summed E-state index contributed by atoms with van der Waals surface area (Å²) >= 11 is 0. The number of rotatable bonds is 6. The fourth-order valence-corrected chi connectivity index (χ4v) is 5.61. The first-order chi connectivity index (χ1) is 18.9. The number of benzene rings is 1. The Hall–Kier alpha value is -4.51. The van der Waals surface area contributed by atoms with Crippen molar-refractivity contribution in [2.45, 2.75) is 45.4 Å². The zero-order valence-electron chi connectivity index (χ0n) is 22.6. The minimum absolute atomic E-state index is 0.0481. The van der Waals surface area contributed by atoms with Crippen molar-refractivity contribution in [3.8, 4) is 0 Å². The maximum Gasteiger partial charge on any atom is 0.267 e. The van der Waals surface area contributed by atoms with Gasteiger partial charge in [-0.1, -0.05) is 32.9 Å². The predicted molar refractivity (Wildman–Crippen MR) is 151 cm³/mol. The van der Waals surface area contributed by atoms with Crippen LogP contribution in [0.3, 0.4) is 0 Å². The van der Waals surface area contributed by atoms with Gasteiger partial charge in [0.05, 0.1) is 34.7 Å². The number of carbonyl (C=O) groups excluding carboxylic acids is 2. The summed E-state index contributed by atoms with van der Waals surface area (Å²) in [6, 6.07) is 5.93. The van der Waals surface area contributed by atoms with Crippen molar-refractivity contribution < 1.29 is 22.7 Å².